The van der Waals surface area contributed by atoms with Crippen LogP contribution in [0.25, 0.3) is 0 Å². The lowest BCUT2D eigenvalue weighted by Crippen LogP contribution is -2.19. The van der Waals surface area contributed by atoms with Crippen molar-refractivity contribution in [2.75, 3.05) is 17.6 Å². The molecule has 102 valence electrons. The van der Waals surface area contributed by atoms with Crippen LogP contribution in [-0.2, 0) is 10.0 Å². The normalized spacial score (nSPS) is 11.6. The molecular formula is C10H16ClN3O3S. The van der Waals surface area contributed by atoms with E-state index in [0.717, 1.165) is 0 Å². The molecule has 0 unspecified atom stereocenters. The maximum absolute atomic E-state index is 11.7. The number of anilines is 1. The topological polar surface area (TPSA) is 81.2 Å². The van der Waals surface area contributed by atoms with E-state index in [1.165, 1.54) is 13.2 Å². The highest BCUT2D eigenvalue weighted by molar-refractivity contribution is 7.92. The number of nitrogens with zero attached hydrogens (tertiary/aromatic N) is 2. The van der Waals surface area contributed by atoms with Crippen molar-refractivity contribution in [3.05, 3.63) is 11.2 Å². The zero-order chi connectivity index (χ0) is 13.8. The Hall–Kier alpha value is -1.08. The second-order valence-electron chi connectivity index (χ2n) is 4.16. The van der Waals surface area contributed by atoms with Crippen molar-refractivity contribution >= 4 is 27.6 Å². The summed E-state index contributed by atoms with van der Waals surface area (Å²) >= 11 is 5.72. The van der Waals surface area contributed by atoms with Gasteiger partial charge in [0, 0.05) is 6.07 Å². The van der Waals surface area contributed by atoms with Gasteiger partial charge in [0.25, 0.3) is 0 Å². The summed E-state index contributed by atoms with van der Waals surface area (Å²) in [4.78, 5) is 7.63. The first-order chi connectivity index (χ1) is 8.32. The highest BCUT2D eigenvalue weighted by atomic mass is 35.5. The molecule has 1 aromatic heterocycles. The van der Waals surface area contributed by atoms with Crippen LogP contribution in [0.1, 0.15) is 20.3 Å². The third-order valence-corrected chi connectivity index (χ3v) is 3.55. The second kappa shape index (κ2) is 6.19. The summed E-state index contributed by atoms with van der Waals surface area (Å²) in [6.45, 7) is 3.91. The minimum Gasteiger partial charge on any atom is -0.481 e. The van der Waals surface area contributed by atoms with Gasteiger partial charge < -0.3 is 4.74 Å². The summed E-state index contributed by atoms with van der Waals surface area (Å²) in [5, 5.41) is 0.114. The second-order valence-corrected chi connectivity index (χ2v) is 6.39. The monoisotopic (exact) mass is 293 g/mol. The molecule has 1 rings (SSSR count). The van der Waals surface area contributed by atoms with Crippen LogP contribution in [0.2, 0.25) is 5.15 Å². The van der Waals surface area contributed by atoms with Gasteiger partial charge in [-0.1, -0.05) is 25.4 Å². The summed E-state index contributed by atoms with van der Waals surface area (Å²) in [7, 11) is -2.05. The van der Waals surface area contributed by atoms with Gasteiger partial charge in [0.05, 0.1) is 12.9 Å². The standard InChI is InChI=1S/C10H16ClN3O3S/c1-7(2)4-5-18(15,16)14-10-12-8(11)6-9(13-10)17-3/h6-7H,4-5H2,1-3H3,(H,12,13,14). The Morgan fingerprint density at radius 2 is 2.11 bits per heavy atom. The third-order valence-electron chi connectivity index (χ3n) is 2.09. The largest absolute Gasteiger partial charge is 0.481 e. The van der Waals surface area contributed by atoms with Crippen molar-refractivity contribution < 1.29 is 13.2 Å². The van der Waals surface area contributed by atoms with E-state index in [-0.39, 0.29) is 22.7 Å². The number of sulfonamides is 1. The third kappa shape index (κ3) is 5.05. The summed E-state index contributed by atoms with van der Waals surface area (Å²) < 4.78 is 30.6. The van der Waals surface area contributed by atoms with Crippen LogP contribution in [0.15, 0.2) is 6.07 Å². The summed E-state index contributed by atoms with van der Waals surface area (Å²) in [5.41, 5.74) is 0. The molecule has 6 nitrogen and oxygen atoms in total. The van der Waals surface area contributed by atoms with Gasteiger partial charge in [0.1, 0.15) is 5.15 Å². The summed E-state index contributed by atoms with van der Waals surface area (Å²) in [6, 6.07) is 1.40. The van der Waals surface area contributed by atoms with Gasteiger partial charge in [0.15, 0.2) is 0 Å². The smallest absolute Gasteiger partial charge is 0.241 e. The number of hydrogen-bond donors (Lipinski definition) is 1. The van der Waals surface area contributed by atoms with E-state index in [0.29, 0.717) is 12.3 Å². The van der Waals surface area contributed by atoms with E-state index in [2.05, 4.69) is 14.7 Å². The number of methoxy groups -OCH3 is 1. The van der Waals surface area contributed by atoms with Gasteiger partial charge in [0.2, 0.25) is 21.9 Å². The molecule has 18 heavy (non-hydrogen) atoms. The fourth-order valence-corrected chi connectivity index (χ4v) is 2.55. The minimum absolute atomic E-state index is 0.0167. The summed E-state index contributed by atoms with van der Waals surface area (Å²) in [5.74, 6) is 0.444. The lowest BCUT2D eigenvalue weighted by atomic mass is 10.2. The van der Waals surface area contributed by atoms with E-state index >= 15 is 0 Å². The van der Waals surface area contributed by atoms with Crippen molar-refractivity contribution in [2.24, 2.45) is 5.92 Å². The average Bonchev–Trinajstić information content (AvgIpc) is 2.25. The molecule has 0 aliphatic heterocycles. The van der Waals surface area contributed by atoms with E-state index in [1.54, 1.807) is 0 Å². The molecule has 0 radical (unpaired) electrons. The van der Waals surface area contributed by atoms with E-state index in [1.807, 2.05) is 13.8 Å². The molecule has 0 bridgehead atoms. The van der Waals surface area contributed by atoms with Crippen molar-refractivity contribution in [3.8, 4) is 5.88 Å². The fraction of sp³-hybridized carbons (Fsp3) is 0.600. The van der Waals surface area contributed by atoms with Gasteiger partial charge in [-0.25, -0.2) is 13.4 Å². The molecule has 0 aliphatic carbocycles. The van der Waals surface area contributed by atoms with E-state index < -0.39 is 10.0 Å². The highest BCUT2D eigenvalue weighted by Crippen LogP contribution is 2.16. The SMILES string of the molecule is COc1cc(Cl)nc(NS(=O)(=O)CCC(C)C)n1. The van der Waals surface area contributed by atoms with Gasteiger partial charge in [-0.15, -0.1) is 0 Å². The lowest BCUT2D eigenvalue weighted by Gasteiger charge is -2.09. The predicted molar refractivity (Wildman–Crippen MR) is 70.5 cm³/mol. The number of ether oxygens (including phenoxy) is 1. The first-order valence-corrected chi connectivity index (χ1v) is 7.44. The van der Waals surface area contributed by atoms with Crippen LogP contribution >= 0.6 is 11.6 Å². The number of aromatic nitrogens is 2. The minimum atomic E-state index is -3.46. The quantitative estimate of drug-likeness (QED) is 0.811. The van der Waals surface area contributed by atoms with Crippen LogP contribution < -0.4 is 9.46 Å². The summed E-state index contributed by atoms with van der Waals surface area (Å²) in [6.07, 6.45) is 0.563. The van der Waals surface area contributed by atoms with Gasteiger partial charge in [-0.05, 0) is 12.3 Å². The Kier molecular flexibility index (Phi) is 5.15. The van der Waals surface area contributed by atoms with E-state index in [9.17, 15) is 8.42 Å². The number of nitrogens with one attached hydrogen (secondary N) is 1. The van der Waals surface area contributed by atoms with Gasteiger partial charge >= 0.3 is 0 Å². The molecule has 0 spiro atoms. The highest BCUT2D eigenvalue weighted by Gasteiger charge is 2.14. The Labute approximate surface area is 112 Å². The van der Waals surface area contributed by atoms with Crippen molar-refractivity contribution in [1.82, 2.24) is 9.97 Å². The molecule has 0 saturated carbocycles. The molecule has 0 saturated heterocycles. The first-order valence-electron chi connectivity index (χ1n) is 5.41. The molecule has 0 aromatic carbocycles. The molecule has 0 amide bonds. The molecule has 0 atom stereocenters. The molecule has 1 N–H and O–H groups in total. The number of rotatable bonds is 6. The average molecular weight is 294 g/mol. The van der Waals surface area contributed by atoms with E-state index in [4.69, 9.17) is 16.3 Å². The maximum Gasteiger partial charge on any atom is 0.241 e. The molecule has 1 aromatic rings. The van der Waals surface area contributed by atoms with Crippen molar-refractivity contribution in [1.29, 1.82) is 0 Å². The van der Waals surface area contributed by atoms with Crippen LogP contribution in [0, 0.1) is 5.92 Å². The van der Waals surface area contributed by atoms with Crippen LogP contribution in [-0.4, -0.2) is 31.2 Å². The molecule has 0 fully saturated rings. The van der Waals surface area contributed by atoms with Gasteiger partial charge in [-0.2, -0.15) is 4.98 Å². The maximum atomic E-state index is 11.7. The first kappa shape index (κ1) is 15.0. The fourth-order valence-electron chi connectivity index (χ4n) is 1.13. The van der Waals surface area contributed by atoms with Crippen LogP contribution in [0.5, 0.6) is 5.88 Å². The molecular weight excluding hydrogens is 278 g/mol. The Morgan fingerprint density at radius 1 is 1.44 bits per heavy atom. The lowest BCUT2D eigenvalue weighted by molar-refractivity contribution is 0.397. The predicted octanol–water partition coefficient (Wildman–Crippen LogP) is 1.93. The van der Waals surface area contributed by atoms with Crippen molar-refractivity contribution in [2.45, 2.75) is 20.3 Å². The van der Waals surface area contributed by atoms with Gasteiger partial charge in [-0.3, -0.25) is 4.72 Å². The number of hydrogen-bond acceptors (Lipinski definition) is 5. The van der Waals surface area contributed by atoms with Crippen LogP contribution in [0.4, 0.5) is 5.95 Å². The van der Waals surface area contributed by atoms with Crippen LogP contribution in [0.3, 0.4) is 0 Å². The Morgan fingerprint density at radius 3 is 2.67 bits per heavy atom. The zero-order valence-electron chi connectivity index (χ0n) is 10.5. The van der Waals surface area contributed by atoms with Crippen molar-refractivity contribution in [3.63, 3.8) is 0 Å². The number of halogens is 1. The Balaban J connectivity index is 2.80. The Bertz CT molecular complexity index is 505. The zero-order valence-corrected chi connectivity index (χ0v) is 12.0. The molecule has 8 heteroatoms. The molecule has 0 aliphatic rings. The molecule has 1 heterocycles.